The van der Waals surface area contributed by atoms with E-state index >= 15 is 0 Å². The number of nitrogens with one attached hydrogen (secondary N) is 1. The molecule has 5 nitrogen and oxygen atoms in total. The standard InChI is InChI=1S/C27H28Cl2N4O/c28-23-6-7-24(29)22(15-23)18-33-13-10-30-26-25(33)16-21(17-31-26)27(34)32-11-8-20(9-12-32)14-19-4-2-1-3-5-19/h1-7,15-17,20H,8-14,18H2,(H,30,31). The Morgan fingerprint density at radius 2 is 1.82 bits per heavy atom. The van der Waals surface area contributed by atoms with Crippen molar-refractivity contribution >= 4 is 40.6 Å². The van der Waals surface area contributed by atoms with Crippen molar-refractivity contribution in [3.05, 3.63) is 87.5 Å². The summed E-state index contributed by atoms with van der Waals surface area (Å²) in [4.78, 5) is 22.1. The van der Waals surface area contributed by atoms with Gasteiger partial charge in [0, 0.05) is 49.0 Å². The number of piperidine rings is 1. The maximum Gasteiger partial charge on any atom is 0.255 e. The Morgan fingerprint density at radius 1 is 1.03 bits per heavy atom. The van der Waals surface area contributed by atoms with Crippen LogP contribution in [-0.2, 0) is 13.0 Å². The Labute approximate surface area is 210 Å². The lowest BCUT2D eigenvalue weighted by Gasteiger charge is -2.34. The van der Waals surface area contributed by atoms with Gasteiger partial charge in [0.15, 0.2) is 0 Å². The van der Waals surface area contributed by atoms with Gasteiger partial charge < -0.3 is 15.1 Å². The molecule has 5 rings (SSSR count). The largest absolute Gasteiger partial charge is 0.367 e. The summed E-state index contributed by atoms with van der Waals surface area (Å²) in [6, 6.07) is 18.1. The molecule has 1 aromatic heterocycles. The van der Waals surface area contributed by atoms with Gasteiger partial charge in [0.05, 0.1) is 11.3 Å². The van der Waals surface area contributed by atoms with E-state index in [2.05, 4.69) is 45.5 Å². The Bertz CT molecular complexity index is 1160. The van der Waals surface area contributed by atoms with Crippen molar-refractivity contribution in [2.24, 2.45) is 5.92 Å². The van der Waals surface area contributed by atoms with Crippen LogP contribution in [-0.4, -0.2) is 42.0 Å². The van der Waals surface area contributed by atoms with Crippen LogP contribution in [0.15, 0.2) is 60.8 Å². The first kappa shape index (κ1) is 23.0. The van der Waals surface area contributed by atoms with Gasteiger partial charge >= 0.3 is 0 Å². The number of carbonyl (C=O) groups is 1. The number of anilines is 2. The summed E-state index contributed by atoms with van der Waals surface area (Å²) in [5.74, 6) is 1.47. The highest BCUT2D eigenvalue weighted by Gasteiger charge is 2.26. The lowest BCUT2D eigenvalue weighted by molar-refractivity contribution is 0.0690. The summed E-state index contributed by atoms with van der Waals surface area (Å²) in [6.45, 7) is 3.75. The first-order valence-electron chi connectivity index (χ1n) is 11.8. The van der Waals surface area contributed by atoms with Crippen LogP contribution >= 0.6 is 23.2 Å². The second-order valence-electron chi connectivity index (χ2n) is 9.10. The summed E-state index contributed by atoms with van der Waals surface area (Å²) in [5, 5.41) is 4.69. The predicted octanol–water partition coefficient (Wildman–Crippen LogP) is 5.92. The molecule has 0 spiro atoms. The first-order chi connectivity index (χ1) is 16.6. The van der Waals surface area contributed by atoms with Crippen molar-refractivity contribution in [1.29, 1.82) is 0 Å². The molecule has 0 radical (unpaired) electrons. The molecule has 1 fully saturated rings. The predicted molar refractivity (Wildman–Crippen MR) is 139 cm³/mol. The van der Waals surface area contributed by atoms with Crippen LogP contribution in [0.25, 0.3) is 0 Å². The number of hydrogen-bond donors (Lipinski definition) is 1. The van der Waals surface area contributed by atoms with Gasteiger partial charge in [0.2, 0.25) is 0 Å². The van der Waals surface area contributed by atoms with E-state index in [-0.39, 0.29) is 5.91 Å². The van der Waals surface area contributed by atoms with E-state index in [0.717, 1.165) is 62.5 Å². The summed E-state index contributed by atoms with van der Waals surface area (Å²) >= 11 is 12.6. The second kappa shape index (κ2) is 10.2. The minimum absolute atomic E-state index is 0.0553. The number of pyridine rings is 1. The summed E-state index contributed by atoms with van der Waals surface area (Å²) in [7, 11) is 0. The van der Waals surface area contributed by atoms with Gasteiger partial charge in [-0.2, -0.15) is 0 Å². The molecule has 0 saturated carbocycles. The number of carbonyl (C=O) groups excluding carboxylic acids is 1. The highest BCUT2D eigenvalue weighted by molar-refractivity contribution is 6.33. The van der Waals surface area contributed by atoms with Gasteiger partial charge in [-0.15, -0.1) is 0 Å². The maximum atomic E-state index is 13.3. The first-order valence-corrected chi connectivity index (χ1v) is 12.6. The average molecular weight is 495 g/mol. The Balaban J connectivity index is 1.27. The normalized spacial score (nSPS) is 16.2. The zero-order valence-corrected chi connectivity index (χ0v) is 20.5. The zero-order valence-electron chi connectivity index (χ0n) is 19.0. The van der Waals surface area contributed by atoms with E-state index < -0.39 is 0 Å². The topological polar surface area (TPSA) is 48.5 Å². The smallest absolute Gasteiger partial charge is 0.255 e. The molecule has 176 valence electrons. The van der Waals surface area contributed by atoms with E-state index in [1.807, 2.05) is 23.1 Å². The molecule has 3 aromatic rings. The molecule has 34 heavy (non-hydrogen) atoms. The summed E-state index contributed by atoms with van der Waals surface area (Å²) in [6.07, 6.45) is 4.83. The molecule has 0 bridgehead atoms. The van der Waals surface area contributed by atoms with Gasteiger partial charge in [-0.3, -0.25) is 4.79 Å². The van der Waals surface area contributed by atoms with Crippen molar-refractivity contribution in [1.82, 2.24) is 9.88 Å². The number of likely N-dealkylation sites (tertiary alicyclic amines) is 1. The quantitative estimate of drug-likeness (QED) is 0.478. The number of aromatic nitrogens is 1. The van der Waals surface area contributed by atoms with Crippen molar-refractivity contribution in [2.45, 2.75) is 25.8 Å². The van der Waals surface area contributed by atoms with Crippen LogP contribution in [0.3, 0.4) is 0 Å². The molecule has 7 heteroatoms. The van der Waals surface area contributed by atoms with E-state index in [1.165, 1.54) is 5.56 Å². The highest BCUT2D eigenvalue weighted by atomic mass is 35.5. The minimum atomic E-state index is 0.0553. The molecular weight excluding hydrogens is 467 g/mol. The number of nitrogens with zero attached hydrogens (tertiary/aromatic N) is 3. The molecule has 0 unspecified atom stereocenters. The monoisotopic (exact) mass is 494 g/mol. The van der Waals surface area contributed by atoms with Gasteiger partial charge in [-0.1, -0.05) is 53.5 Å². The molecule has 2 aliphatic heterocycles. The van der Waals surface area contributed by atoms with Gasteiger partial charge in [0.25, 0.3) is 5.91 Å². The van der Waals surface area contributed by atoms with Crippen molar-refractivity contribution < 1.29 is 4.79 Å². The van der Waals surface area contributed by atoms with Gasteiger partial charge in [0.1, 0.15) is 5.82 Å². The number of fused-ring (bicyclic) bond motifs is 1. The summed E-state index contributed by atoms with van der Waals surface area (Å²) < 4.78 is 0. The fourth-order valence-electron chi connectivity index (χ4n) is 4.88. The number of halogens is 2. The molecule has 1 saturated heterocycles. The van der Waals surface area contributed by atoms with Crippen LogP contribution in [0, 0.1) is 5.92 Å². The van der Waals surface area contributed by atoms with Crippen LogP contribution in [0.2, 0.25) is 10.0 Å². The van der Waals surface area contributed by atoms with Crippen molar-refractivity contribution in [2.75, 3.05) is 36.4 Å². The van der Waals surface area contributed by atoms with Crippen LogP contribution in [0.4, 0.5) is 11.5 Å². The Kier molecular flexibility index (Phi) is 6.93. The van der Waals surface area contributed by atoms with Crippen LogP contribution < -0.4 is 10.2 Å². The van der Waals surface area contributed by atoms with Crippen LogP contribution in [0.5, 0.6) is 0 Å². The lowest BCUT2D eigenvalue weighted by atomic mass is 9.90. The van der Waals surface area contributed by atoms with Crippen molar-refractivity contribution in [3.8, 4) is 0 Å². The van der Waals surface area contributed by atoms with E-state index in [9.17, 15) is 4.79 Å². The fraction of sp³-hybridized carbons (Fsp3) is 0.333. The third kappa shape index (κ3) is 5.16. The molecule has 0 atom stereocenters. The molecule has 0 aliphatic carbocycles. The third-order valence-corrected chi connectivity index (χ3v) is 7.37. The molecule has 3 heterocycles. The maximum absolute atomic E-state index is 13.3. The Hall–Kier alpha value is -2.76. The summed E-state index contributed by atoms with van der Waals surface area (Å²) in [5.41, 5.74) is 3.89. The fourth-order valence-corrected chi connectivity index (χ4v) is 5.25. The number of amides is 1. The van der Waals surface area contributed by atoms with Crippen LogP contribution in [0.1, 0.15) is 34.3 Å². The third-order valence-electron chi connectivity index (χ3n) is 6.77. The number of rotatable bonds is 5. The zero-order chi connectivity index (χ0) is 23.5. The molecule has 1 amide bonds. The molecule has 2 aromatic carbocycles. The van der Waals surface area contributed by atoms with Gasteiger partial charge in [-0.05, 0) is 60.6 Å². The Morgan fingerprint density at radius 3 is 2.62 bits per heavy atom. The van der Waals surface area contributed by atoms with Crippen molar-refractivity contribution in [3.63, 3.8) is 0 Å². The van der Waals surface area contributed by atoms with E-state index in [4.69, 9.17) is 23.2 Å². The van der Waals surface area contributed by atoms with Gasteiger partial charge in [-0.25, -0.2) is 4.98 Å². The average Bonchev–Trinajstić information content (AvgIpc) is 2.87. The second-order valence-corrected chi connectivity index (χ2v) is 9.94. The molecule has 2 aliphatic rings. The highest BCUT2D eigenvalue weighted by Crippen LogP contribution is 2.32. The van der Waals surface area contributed by atoms with E-state index in [0.29, 0.717) is 28.1 Å². The molecular formula is C27H28Cl2N4O. The number of benzene rings is 2. The minimum Gasteiger partial charge on any atom is -0.367 e. The number of hydrogen-bond acceptors (Lipinski definition) is 4. The lowest BCUT2D eigenvalue weighted by Crippen LogP contribution is -2.39. The SMILES string of the molecule is O=C(c1cnc2c(c1)N(Cc1cc(Cl)ccc1Cl)CCN2)N1CCC(Cc2ccccc2)CC1. The molecule has 1 N–H and O–H groups in total. The van der Waals surface area contributed by atoms with E-state index in [1.54, 1.807) is 12.3 Å².